The molecule has 0 unspecified atom stereocenters. The van der Waals surface area contributed by atoms with Gasteiger partial charge < -0.3 is 0 Å². The topological polar surface area (TPSA) is 0 Å². The first-order chi connectivity index (χ1) is 7.20. The van der Waals surface area contributed by atoms with Crippen LogP contribution in [-0.2, 0) is 6.42 Å². The summed E-state index contributed by atoms with van der Waals surface area (Å²) >= 11 is 0. The van der Waals surface area contributed by atoms with E-state index in [2.05, 4.69) is 0 Å². The SMILES string of the molecule is Fc1ccccc1CC1(F)CCCCC1. The first kappa shape index (κ1) is 10.6. The third kappa shape index (κ3) is 2.55. The second kappa shape index (κ2) is 4.30. The third-order valence-electron chi connectivity index (χ3n) is 3.21. The molecule has 1 aromatic carbocycles. The predicted molar refractivity (Wildman–Crippen MR) is 57.0 cm³/mol. The van der Waals surface area contributed by atoms with Gasteiger partial charge in [-0.15, -0.1) is 0 Å². The maximum atomic E-state index is 14.3. The average Bonchev–Trinajstić information content (AvgIpc) is 2.22. The normalized spacial score (nSPS) is 20.1. The molecule has 1 aliphatic rings. The molecule has 0 bridgehead atoms. The first-order valence-electron chi connectivity index (χ1n) is 5.62. The molecule has 1 saturated carbocycles. The number of alkyl halides is 1. The van der Waals surface area contributed by atoms with Crippen LogP contribution < -0.4 is 0 Å². The summed E-state index contributed by atoms with van der Waals surface area (Å²) in [6.07, 6.45) is 4.39. The number of rotatable bonds is 2. The minimum atomic E-state index is -1.17. The third-order valence-corrected chi connectivity index (χ3v) is 3.21. The largest absolute Gasteiger partial charge is 0.244 e. The van der Waals surface area contributed by atoms with Crippen LogP contribution in [0.1, 0.15) is 37.7 Å². The van der Waals surface area contributed by atoms with Crippen LogP contribution in [0.25, 0.3) is 0 Å². The lowest BCUT2D eigenvalue weighted by atomic mass is 9.82. The summed E-state index contributed by atoms with van der Waals surface area (Å²) in [5.41, 5.74) is -0.651. The van der Waals surface area contributed by atoms with E-state index in [1.54, 1.807) is 18.2 Å². The van der Waals surface area contributed by atoms with Gasteiger partial charge in [-0.05, 0) is 24.5 Å². The quantitative estimate of drug-likeness (QED) is 0.691. The zero-order chi connectivity index (χ0) is 10.7. The van der Waals surface area contributed by atoms with Crippen LogP contribution >= 0.6 is 0 Å². The molecule has 1 aliphatic carbocycles. The lowest BCUT2D eigenvalue weighted by Gasteiger charge is -2.29. The number of hydrogen-bond acceptors (Lipinski definition) is 0. The highest BCUT2D eigenvalue weighted by molar-refractivity contribution is 5.19. The molecule has 0 atom stereocenters. The standard InChI is InChI=1S/C13H16F2/c14-12-7-3-2-6-11(12)10-13(15)8-4-1-5-9-13/h2-3,6-7H,1,4-5,8-10H2. The van der Waals surface area contributed by atoms with Gasteiger partial charge in [0.25, 0.3) is 0 Å². The molecular formula is C13H16F2. The van der Waals surface area contributed by atoms with Crippen molar-refractivity contribution in [1.82, 2.24) is 0 Å². The van der Waals surface area contributed by atoms with E-state index >= 15 is 0 Å². The Morgan fingerprint density at radius 3 is 2.40 bits per heavy atom. The first-order valence-corrected chi connectivity index (χ1v) is 5.62. The predicted octanol–water partition coefficient (Wildman–Crippen LogP) is 4.04. The van der Waals surface area contributed by atoms with E-state index in [0.29, 0.717) is 18.4 Å². The van der Waals surface area contributed by atoms with E-state index in [4.69, 9.17) is 0 Å². The van der Waals surface area contributed by atoms with Crippen LogP contribution in [0.3, 0.4) is 0 Å². The summed E-state index contributed by atoms with van der Waals surface area (Å²) in [6, 6.07) is 6.50. The summed E-state index contributed by atoms with van der Waals surface area (Å²) in [7, 11) is 0. The average molecular weight is 210 g/mol. The van der Waals surface area contributed by atoms with E-state index in [1.807, 2.05) is 0 Å². The Morgan fingerprint density at radius 1 is 1.07 bits per heavy atom. The second-order valence-electron chi connectivity index (χ2n) is 4.48. The fourth-order valence-electron chi connectivity index (χ4n) is 2.35. The Morgan fingerprint density at radius 2 is 1.73 bits per heavy atom. The molecule has 0 heterocycles. The van der Waals surface area contributed by atoms with Gasteiger partial charge in [0, 0.05) is 6.42 Å². The van der Waals surface area contributed by atoms with E-state index in [1.165, 1.54) is 6.07 Å². The van der Waals surface area contributed by atoms with Gasteiger partial charge in [0.2, 0.25) is 0 Å². The van der Waals surface area contributed by atoms with Crippen LogP contribution in [-0.4, -0.2) is 5.67 Å². The molecule has 1 aromatic rings. The molecule has 82 valence electrons. The Labute approximate surface area is 89.3 Å². The van der Waals surface area contributed by atoms with Crippen molar-refractivity contribution >= 4 is 0 Å². The highest BCUT2D eigenvalue weighted by Crippen LogP contribution is 2.35. The molecule has 1 fully saturated rings. The molecule has 0 aliphatic heterocycles. The fourth-order valence-corrected chi connectivity index (χ4v) is 2.35. The minimum Gasteiger partial charge on any atom is -0.244 e. The highest BCUT2D eigenvalue weighted by atomic mass is 19.1. The van der Waals surface area contributed by atoms with Gasteiger partial charge in [-0.2, -0.15) is 0 Å². The van der Waals surface area contributed by atoms with Gasteiger partial charge >= 0.3 is 0 Å². The number of halogens is 2. The lowest BCUT2D eigenvalue weighted by Crippen LogP contribution is -2.29. The van der Waals surface area contributed by atoms with E-state index in [-0.39, 0.29) is 12.2 Å². The van der Waals surface area contributed by atoms with Crippen molar-refractivity contribution in [3.63, 3.8) is 0 Å². The lowest BCUT2D eigenvalue weighted by molar-refractivity contribution is 0.106. The van der Waals surface area contributed by atoms with Crippen molar-refractivity contribution in [3.8, 4) is 0 Å². The van der Waals surface area contributed by atoms with Crippen molar-refractivity contribution in [2.24, 2.45) is 0 Å². The molecule has 0 N–H and O–H groups in total. The van der Waals surface area contributed by atoms with Crippen LogP contribution in [0.4, 0.5) is 8.78 Å². The van der Waals surface area contributed by atoms with Crippen LogP contribution in [0.5, 0.6) is 0 Å². The van der Waals surface area contributed by atoms with Gasteiger partial charge in [0.1, 0.15) is 11.5 Å². The molecule has 15 heavy (non-hydrogen) atoms. The maximum absolute atomic E-state index is 14.3. The van der Waals surface area contributed by atoms with Crippen LogP contribution in [0.2, 0.25) is 0 Å². The molecule has 0 saturated heterocycles. The van der Waals surface area contributed by atoms with E-state index in [0.717, 1.165) is 19.3 Å². The van der Waals surface area contributed by atoms with Crippen molar-refractivity contribution < 1.29 is 8.78 Å². The highest BCUT2D eigenvalue weighted by Gasteiger charge is 2.32. The summed E-state index contributed by atoms with van der Waals surface area (Å²) < 4.78 is 27.6. The van der Waals surface area contributed by atoms with Gasteiger partial charge in [-0.3, -0.25) is 0 Å². The van der Waals surface area contributed by atoms with Gasteiger partial charge in [0.05, 0.1) is 0 Å². The number of hydrogen-bond donors (Lipinski definition) is 0. The Balaban J connectivity index is 2.10. The monoisotopic (exact) mass is 210 g/mol. The van der Waals surface area contributed by atoms with E-state index in [9.17, 15) is 8.78 Å². The van der Waals surface area contributed by atoms with Crippen LogP contribution in [0.15, 0.2) is 24.3 Å². The van der Waals surface area contributed by atoms with Gasteiger partial charge in [0.15, 0.2) is 0 Å². The molecular weight excluding hydrogens is 194 g/mol. The van der Waals surface area contributed by atoms with Crippen molar-refractivity contribution in [1.29, 1.82) is 0 Å². The Hall–Kier alpha value is -0.920. The van der Waals surface area contributed by atoms with Crippen LogP contribution in [0, 0.1) is 5.82 Å². The maximum Gasteiger partial charge on any atom is 0.126 e. The second-order valence-corrected chi connectivity index (χ2v) is 4.48. The van der Waals surface area contributed by atoms with Gasteiger partial charge in [-0.1, -0.05) is 37.5 Å². The molecule has 2 rings (SSSR count). The van der Waals surface area contributed by atoms with Crippen molar-refractivity contribution in [2.75, 3.05) is 0 Å². The summed E-state index contributed by atoms with van der Waals surface area (Å²) in [6.45, 7) is 0. The van der Waals surface area contributed by atoms with E-state index < -0.39 is 5.67 Å². The van der Waals surface area contributed by atoms with Crippen molar-refractivity contribution in [3.05, 3.63) is 35.6 Å². The molecule has 2 heteroatoms. The zero-order valence-electron chi connectivity index (χ0n) is 8.81. The minimum absolute atomic E-state index is 0.236. The zero-order valence-corrected chi connectivity index (χ0v) is 8.81. The molecule has 0 aromatic heterocycles. The summed E-state index contributed by atoms with van der Waals surface area (Å²) in [5, 5.41) is 0. The Bertz CT molecular complexity index is 327. The molecule has 0 nitrogen and oxygen atoms in total. The van der Waals surface area contributed by atoms with Crippen molar-refractivity contribution in [2.45, 2.75) is 44.2 Å². The summed E-state index contributed by atoms with van der Waals surface area (Å²) in [5.74, 6) is -0.278. The number of benzene rings is 1. The molecule has 0 amide bonds. The fraction of sp³-hybridized carbons (Fsp3) is 0.538. The molecule has 0 radical (unpaired) electrons. The summed E-state index contributed by atoms with van der Waals surface area (Å²) in [4.78, 5) is 0. The molecule has 0 spiro atoms. The smallest absolute Gasteiger partial charge is 0.126 e. The Kier molecular flexibility index (Phi) is 3.03. The van der Waals surface area contributed by atoms with Gasteiger partial charge in [-0.25, -0.2) is 8.78 Å².